The van der Waals surface area contributed by atoms with Crippen molar-refractivity contribution in [2.75, 3.05) is 0 Å². The molecule has 0 radical (unpaired) electrons. The molecule has 1 aromatic heterocycles. The second kappa shape index (κ2) is 4.04. The van der Waals surface area contributed by atoms with Crippen molar-refractivity contribution in [1.82, 2.24) is 0 Å². The molecule has 1 heterocycles. The fourth-order valence-electron chi connectivity index (χ4n) is 1.55. The minimum atomic E-state index is -0.369. The molecule has 3 aromatic rings. The van der Waals surface area contributed by atoms with Gasteiger partial charge in [0, 0.05) is 19.9 Å². The Kier molecular flexibility index (Phi) is 1.51. The Morgan fingerprint density at radius 3 is 2.69 bits per heavy atom. The van der Waals surface area contributed by atoms with Crippen LogP contribution in [0.4, 0.5) is 0 Å². The summed E-state index contributed by atoms with van der Waals surface area (Å²) in [5, 5.41) is 2.94. The predicted octanol–water partition coefficient (Wildman–Crippen LogP) is 5.33. The first kappa shape index (κ1) is 5.99. The van der Waals surface area contributed by atoms with Gasteiger partial charge < -0.3 is 0 Å². The first-order chi connectivity index (χ1) is 9.91. The maximum absolute atomic E-state index is 8.02. The van der Waals surface area contributed by atoms with Crippen molar-refractivity contribution < 1.29 is 6.85 Å². The first-order valence-electron chi connectivity index (χ1n) is 7.16. The van der Waals surface area contributed by atoms with Crippen LogP contribution in [-0.4, -0.2) is 0 Å². The van der Waals surface area contributed by atoms with Gasteiger partial charge in [0.1, 0.15) is 0 Å². The lowest BCUT2D eigenvalue weighted by atomic mass is 10.0. The fourth-order valence-corrected chi connectivity index (χ4v) is 3.09. The molecule has 0 nitrogen and oxygen atoms in total. The molecule has 0 saturated heterocycles. The van der Waals surface area contributed by atoms with Gasteiger partial charge in [-0.05, 0) is 39.2 Å². The molecule has 0 saturated carbocycles. The van der Waals surface area contributed by atoms with Gasteiger partial charge in [-0.3, -0.25) is 0 Å². The van der Waals surface area contributed by atoms with Crippen LogP contribution in [0, 0.1) is 0 Å². The van der Waals surface area contributed by atoms with Crippen molar-refractivity contribution in [2.45, 2.75) is 0 Å². The Morgan fingerprint density at radius 1 is 1.06 bits per heavy atom. The van der Waals surface area contributed by atoms with Gasteiger partial charge >= 0.3 is 0 Å². The van der Waals surface area contributed by atoms with Gasteiger partial charge in [-0.1, -0.05) is 36.3 Å². The third kappa shape index (κ3) is 1.68. The van der Waals surface area contributed by atoms with E-state index in [0.717, 1.165) is 14.6 Å². The number of fused-ring (bicyclic) bond motifs is 1. The van der Waals surface area contributed by atoms with E-state index in [0.29, 0.717) is 5.56 Å². The van der Waals surface area contributed by atoms with Crippen LogP contribution in [0.5, 0.6) is 0 Å². The SMILES string of the molecule is [2H]c1c([2H])c([2H])c(-c2ccc3scc(Br)c3c2)c([2H])c1[2H]. The standard InChI is InChI=1S/C14H9BrS/c15-13-9-16-14-7-6-11(8-12(13)14)10-4-2-1-3-5-10/h1-9H/i1D,2D,3D,4D,5D. The van der Waals surface area contributed by atoms with E-state index in [1.165, 1.54) is 0 Å². The fraction of sp³-hybridized carbons (Fsp3) is 0. The number of hydrogen-bond acceptors (Lipinski definition) is 1. The van der Waals surface area contributed by atoms with Crippen molar-refractivity contribution in [1.29, 1.82) is 0 Å². The van der Waals surface area contributed by atoms with E-state index in [9.17, 15) is 0 Å². The van der Waals surface area contributed by atoms with Gasteiger partial charge in [0.25, 0.3) is 0 Å². The third-order valence-electron chi connectivity index (χ3n) is 2.31. The van der Waals surface area contributed by atoms with E-state index < -0.39 is 0 Å². The van der Waals surface area contributed by atoms with Gasteiger partial charge in [0.05, 0.1) is 6.85 Å². The lowest BCUT2D eigenvalue weighted by Crippen LogP contribution is -1.76. The van der Waals surface area contributed by atoms with Gasteiger partial charge in [-0.2, -0.15) is 0 Å². The highest BCUT2D eigenvalue weighted by Gasteiger charge is 2.03. The summed E-state index contributed by atoms with van der Waals surface area (Å²) < 4.78 is 41.2. The van der Waals surface area contributed by atoms with Crippen molar-refractivity contribution in [3.8, 4) is 11.1 Å². The van der Waals surface area contributed by atoms with E-state index in [-0.39, 0.29) is 35.8 Å². The summed E-state index contributed by atoms with van der Waals surface area (Å²) in [6.07, 6.45) is 0. The number of hydrogen-bond donors (Lipinski definition) is 0. The second-order valence-electron chi connectivity index (χ2n) is 3.29. The van der Waals surface area contributed by atoms with Crippen molar-refractivity contribution in [3.63, 3.8) is 0 Å². The normalized spacial score (nSPS) is 15.2. The summed E-state index contributed by atoms with van der Waals surface area (Å²) in [5.41, 5.74) is 0.861. The Morgan fingerprint density at radius 2 is 1.88 bits per heavy atom. The minimum Gasteiger partial charge on any atom is -0.143 e. The highest BCUT2D eigenvalue weighted by atomic mass is 79.9. The molecule has 2 aromatic carbocycles. The summed E-state index contributed by atoms with van der Waals surface area (Å²) in [4.78, 5) is 0. The quantitative estimate of drug-likeness (QED) is 0.569. The largest absolute Gasteiger partial charge is 0.143 e. The summed E-state index contributed by atoms with van der Waals surface area (Å²) in [6, 6.07) is 4.21. The molecular weight excluding hydrogens is 280 g/mol. The van der Waals surface area contributed by atoms with E-state index in [4.69, 9.17) is 6.85 Å². The molecule has 0 aliphatic carbocycles. The maximum atomic E-state index is 8.02. The monoisotopic (exact) mass is 293 g/mol. The average molecular weight is 294 g/mol. The lowest BCUT2D eigenvalue weighted by molar-refractivity contribution is 1.65. The first-order valence-corrected chi connectivity index (χ1v) is 6.33. The molecule has 3 rings (SSSR count). The molecule has 0 aliphatic rings. The molecular formula is C14H9BrS. The molecule has 0 amide bonds. The van der Waals surface area contributed by atoms with Crippen molar-refractivity contribution in [3.05, 3.63) is 58.3 Å². The highest BCUT2D eigenvalue weighted by Crippen LogP contribution is 2.33. The lowest BCUT2D eigenvalue weighted by Gasteiger charge is -2.01. The molecule has 0 unspecified atom stereocenters. The van der Waals surface area contributed by atoms with Crippen molar-refractivity contribution in [2.24, 2.45) is 0 Å². The van der Waals surface area contributed by atoms with E-state index in [1.807, 2.05) is 17.5 Å². The molecule has 0 atom stereocenters. The maximum Gasteiger partial charge on any atom is 0.0629 e. The highest BCUT2D eigenvalue weighted by molar-refractivity contribution is 9.10. The Labute approximate surface area is 114 Å². The topological polar surface area (TPSA) is 0 Å². The molecule has 0 fully saturated rings. The second-order valence-corrected chi connectivity index (χ2v) is 5.06. The smallest absolute Gasteiger partial charge is 0.0629 e. The Balaban J connectivity index is 2.34. The summed E-state index contributed by atoms with van der Waals surface area (Å²) >= 11 is 5.05. The molecule has 0 spiro atoms. The van der Waals surface area contributed by atoms with Crippen LogP contribution in [0.1, 0.15) is 6.85 Å². The van der Waals surface area contributed by atoms with Crippen molar-refractivity contribution >= 4 is 37.4 Å². The van der Waals surface area contributed by atoms with E-state index >= 15 is 0 Å². The summed E-state index contributed by atoms with van der Waals surface area (Å²) in [5.74, 6) is 0. The van der Waals surface area contributed by atoms with Crippen LogP contribution in [0.25, 0.3) is 21.2 Å². The third-order valence-corrected chi connectivity index (χ3v) is 4.24. The Bertz CT molecular complexity index is 842. The minimum absolute atomic E-state index is 0.174. The van der Waals surface area contributed by atoms with Crippen LogP contribution in [0.3, 0.4) is 0 Å². The molecule has 16 heavy (non-hydrogen) atoms. The van der Waals surface area contributed by atoms with Crippen LogP contribution >= 0.6 is 27.3 Å². The molecule has 2 heteroatoms. The van der Waals surface area contributed by atoms with E-state index in [1.54, 1.807) is 17.4 Å². The van der Waals surface area contributed by atoms with Crippen LogP contribution in [0.2, 0.25) is 0 Å². The summed E-state index contributed by atoms with van der Waals surface area (Å²) in [7, 11) is 0. The molecule has 0 bridgehead atoms. The zero-order valence-electron chi connectivity index (χ0n) is 13.1. The molecule has 78 valence electrons. The number of halogens is 1. The average Bonchev–Trinajstić information content (AvgIpc) is 2.85. The van der Waals surface area contributed by atoms with Gasteiger partial charge in [-0.25, -0.2) is 0 Å². The van der Waals surface area contributed by atoms with E-state index in [2.05, 4.69) is 15.9 Å². The van der Waals surface area contributed by atoms with Crippen LogP contribution in [0.15, 0.2) is 58.3 Å². The van der Waals surface area contributed by atoms with Gasteiger partial charge in [-0.15, -0.1) is 11.3 Å². The zero-order chi connectivity index (χ0) is 15.3. The predicted molar refractivity (Wildman–Crippen MR) is 75.0 cm³/mol. The number of rotatable bonds is 1. The van der Waals surface area contributed by atoms with Gasteiger partial charge in [0.2, 0.25) is 0 Å². The van der Waals surface area contributed by atoms with Crippen LogP contribution < -0.4 is 0 Å². The van der Waals surface area contributed by atoms with Gasteiger partial charge in [0.15, 0.2) is 0 Å². The number of thiophene rings is 1. The van der Waals surface area contributed by atoms with Crippen LogP contribution in [-0.2, 0) is 0 Å². The zero-order valence-corrected chi connectivity index (χ0v) is 10.5. The Hall–Kier alpha value is -1.12. The number of benzene rings is 2. The summed E-state index contributed by atoms with van der Waals surface area (Å²) in [6.45, 7) is 0. The molecule has 0 N–H and O–H groups in total. The molecule has 0 aliphatic heterocycles.